The molecular weight excluding hydrogens is 516 g/mol. The summed E-state index contributed by atoms with van der Waals surface area (Å²) in [6.07, 6.45) is -1.19. The highest BCUT2D eigenvalue weighted by atomic mass is 32.2. The van der Waals surface area contributed by atoms with Gasteiger partial charge in [0.15, 0.2) is 0 Å². The predicted octanol–water partition coefficient (Wildman–Crippen LogP) is 7.17. The maximum atomic E-state index is 15.4. The molecule has 0 radical (unpaired) electrons. The third-order valence-electron chi connectivity index (χ3n) is 7.39. The van der Waals surface area contributed by atoms with E-state index < -0.39 is 17.9 Å². The van der Waals surface area contributed by atoms with Crippen molar-refractivity contribution in [3.63, 3.8) is 0 Å². The minimum Gasteiger partial charge on any atom is -0.497 e. The number of fused-ring (bicyclic) bond motifs is 1. The molecule has 38 heavy (non-hydrogen) atoms. The van der Waals surface area contributed by atoms with Crippen molar-refractivity contribution < 1.29 is 27.4 Å². The van der Waals surface area contributed by atoms with E-state index in [9.17, 15) is 18.3 Å². The van der Waals surface area contributed by atoms with Crippen LogP contribution in [0, 0.1) is 11.8 Å². The predicted molar refractivity (Wildman–Crippen MR) is 143 cm³/mol. The van der Waals surface area contributed by atoms with E-state index in [1.807, 2.05) is 18.2 Å². The van der Waals surface area contributed by atoms with Gasteiger partial charge in [-0.25, -0.2) is 4.39 Å². The largest absolute Gasteiger partial charge is 0.497 e. The van der Waals surface area contributed by atoms with E-state index in [-0.39, 0.29) is 23.3 Å². The molecule has 1 aliphatic heterocycles. The van der Waals surface area contributed by atoms with Crippen molar-refractivity contribution in [2.75, 3.05) is 39.1 Å². The van der Waals surface area contributed by atoms with Crippen LogP contribution in [0.5, 0.6) is 5.75 Å². The Bertz CT molecular complexity index is 1190. The van der Waals surface area contributed by atoms with E-state index in [2.05, 4.69) is 9.88 Å². The minimum absolute atomic E-state index is 0.0429. The van der Waals surface area contributed by atoms with E-state index in [4.69, 9.17) is 4.74 Å². The number of hydrogen-bond donors (Lipinski definition) is 1. The fourth-order valence-electron chi connectivity index (χ4n) is 5.31. The second-order valence-electron chi connectivity index (χ2n) is 9.82. The fraction of sp³-hybridized carbons (Fsp3) is 0.483. The third-order valence-corrected chi connectivity index (χ3v) is 8.55. The number of alkyl halides is 4. The summed E-state index contributed by atoms with van der Waals surface area (Å²) in [5.74, 6) is 1.54. The number of thioether (sulfide) groups is 1. The van der Waals surface area contributed by atoms with Crippen LogP contribution >= 0.6 is 11.8 Å². The van der Waals surface area contributed by atoms with Crippen LogP contribution in [0.4, 0.5) is 17.6 Å². The van der Waals surface area contributed by atoms with E-state index >= 15 is 4.39 Å². The summed E-state index contributed by atoms with van der Waals surface area (Å²) in [6, 6.07) is 12.9. The molecule has 1 fully saturated rings. The SMILES string of the molecule is COc1ccc2nccc(C(F)CC[C@@H]3CCN(CCCSc4ccccc4C(F)(F)F)C[C@@H]3CO)c2c1. The molecule has 1 N–H and O–H groups in total. The lowest BCUT2D eigenvalue weighted by Crippen LogP contribution is -2.42. The van der Waals surface area contributed by atoms with Gasteiger partial charge in [-0.1, -0.05) is 12.1 Å². The minimum atomic E-state index is -4.35. The molecular formula is C29H34F4N2O2S. The van der Waals surface area contributed by atoms with Crippen molar-refractivity contribution in [2.24, 2.45) is 11.8 Å². The molecule has 4 nitrogen and oxygen atoms in total. The highest BCUT2D eigenvalue weighted by Crippen LogP contribution is 2.37. The molecule has 1 aliphatic rings. The Morgan fingerprint density at radius 2 is 1.97 bits per heavy atom. The smallest absolute Gasteiger partial charge is 0.417 e. The zero-order chi connectivity index (χ0) is 27.1. The first-order valence-corrected chi connectivity index (χ1v) is 14.0. The number of pyridine rings is 1. The van der Waals surface area contributed by atoms with Gasteiger partial charge in [-0.3, -0.25) is 4.98 Å². The first-order chi connectivity index (χ1) is 18.3. The number of hydrogen-bond acceptors (Lipinski definition) is 5. The van der Waals surface area contributed by atoms with E-state index in [1.165, 1.54) is 23.9 Å². The number of nitrogens with zero attached hydrogens (tertiary/aromatic N) is 2. The quantitative estimate of drug-likeness (QED) is 0.156. The van der Waals surface area contributed by atoms with Gasteiger partial charge in [-0.15, -0.1) is 11.8 Å². The number of piperidine rings is 1. The monoisotopic (exact) mass is 550 g/mol. The lowest BCUT2D eigenvalue weighted by Gasteiger charge is -2.38. The Morgan fingerprint density at radius 3 is 2.74 bits per heavy atom. The molecule has 206 valence electrons. The average molecular weight is 551 g/mol. The first-order valence-electron chi connectivity index (χ1n) is 13.0. The Morgan fingerprint density at radius 1 is 1.16 bits per heavy atom. The Hall–Kier alpha value is -2.36. The van der Waals surface area contributed by atoms with Gasteiger partial charge in [0, 0.05) is 29.6 Å². The summed E-state index contributed by atoms with van der Waals surface area (Å²) in [7, 11) is 1.58. The molecule has 0 saturated carbocycles. The maximum Gasteiger partial charge on any atom is 0.417 e. The topological polar surface area (TPSA) is 45.6 Å². The molecule has 3 aromatic rings. The van der Waals surface area contributed by atoms with Crippen molar-refractivity contribution in [2.45, 2.75) is 42.9 Å². The van der Waals surface area contributed by atoms with Crippen LogP contribution in [0.2, 0.25) is 0 Å². The van der Waals surface area contributed by atoms with Gasteiger partial charge < -0.3 is 14.7 Å². The van der Waals surface area contributed by atoms with Gasteiger partial charge in [-0.2, -0.15) is 13.2 Å². The Kier molecular flexibility index (Phi) is 9.90. The van der Waals surface area contributed by atoms with Crippen molar-refractivity contribution in [3.8, 4) is 5.75 Å². The summed E-state index contributed by atoms with van der Waals surface area (Å²) in [5, 5.41) is 10.8. The second kappa shape index (κ2) is 13.1. The standard InChI is InChI=1S/C29H34F4N2O2S/c1-37-22-8-10-27-24(17-22)23(11-13-34-27)26(30)9-7-20-12-15-35(18-21(20)19-36)14-4-16-38-28-6-3-2-5-25(28)29(31,32)33/h2-3,5-6,8,10-11,13,17,20-21,26,36H,4,7,9,12,14-16,18-19H2,1H3/t20-,21-,26?/m1/s1. The molecule has 0 bridgehead atoms. The van der Waals surface area contributed by atoms with Gasteiger partial charge in [0.05, 0.1) is 18.2 Å². The van der Waals surface area contributed by atoms with Crippen molar-refractivity contribution >= 4 is 22.7 Å². The van der Waals surface area contributed by atoms with Crippen LogP contribution in [-0.4, -0.2) is 54.1 Å². The molecule has 3 atom stereocenters. The summed E-state index contributed by atoms with van der Waals surface area (Å²) in [6.45, 7) is 2.37. The number of halogens is 4. The molecule has 2 heterocycles. The summed E-state index contributed by atoms with van der Waals surface area (Å²) < 4.78 is 60.3. The number of aliphatic hydroxyl groups is 1. The van der Waals surface area contributed by atoms with Crippen LogP contribution in [0.25, 0.3) is 10.9 Å². The highest BCUT2D eigenvalue weighted by Gasteiger charge is 2.33. The second-order valence-corrected chi connectivity index (χ2v) is 11.0. The van der Waals surface area contributed by atoms with Gasteiger partial charge in [-0.05, 0) is 98.3 Å². The number of methoxy groups -OCH3 is 1. The van der Waals surface area contributed by atoms with Gasteiger partial charge in [0.2, 0.25) is 0 Å². The zero-order valence-electron chi connectivity index (χ0n) is 21.5. The average Bonchev–Trinajstić information content (AvgIpc) is 2.93. The molecule has 1 aromatic heterocycles. The van der Waals surface area contributed by atoms with Gasteiger partial charge >= 0.3 is 6.18 Å². The molecule has 9 heteroatoms. The van der Waals surface area contributed by atoms with Gasteiger partial charge in [0.1, 0.15) is 11.9 Å². The van der Waals surface area contributed by atoms with Crippen LogP contribution < -0.4 is 4.74 Å². The molecule has 0 spiro atoms. The lowest BCUT2D eigenvalue weighted by atomic mass is 9.81. The summed E-state index contributed by atoms with van der Waals surface area (Å²) in [4.78, 5) is 6.86. The van der Waals surface area contributed by atoms with E-state index in [0.29, 0.717) is 29.9 Å². The zero-order valence-corrected chi connectivity index (χ0v) is 22.3. The van der Waals surface area contributed by atoms with Gasteiger partial charge in [0.25, 0.3) is 0 Å². The number of ether oxygens (including phenoxy) is 1. The summed E-state index contributed by atoms with van der Waals surface area (Å²) >= 11 is 1.23. The van der Waals surface area contributed by atoms with Crippen LogP contribution in [-0.2, 0) is 6.18 Å². The number of aromatic nitrogens is 1. The number of benzene rings is 2. The van der Waals surface area contributed by atoms with Crippen molar-refractivity contribution in [1.82, 2.24) is 9.88 Å². The van der Waals surface area contributed by atoms with Crippen LogP contribution in [0.3, 0.4) is 0 Å². The van der Waals surface area contributed by atoms with Crippen molar-refractivity contribution in [3.05, 3.63) is 65.9 Å². The molecule has 0 amide bonds. The molecule has 0 aliphatic carbocycles. The van der Waals surface area contributed by atoms with E-state index in [1.54, 1.807) is 25.4 Å². The van der Waals surface area contributed by atoms with Crippen LogP contribution in [0.1, 0.15) is 43.0 Å². The van der Waals surface area contributed by atoms with Crippen LogP contribution in [0.15, 0.2) is 59.6 Å². The fourth-order valence-corrected chi connectivity index (χ4v) is 6.31. The molecule has 1 saturated heterocycles. The normalized spacial score (nSPS) is 19.5. The highest BCUT2D eigenvalue weighted by molar-refractivity contribution is 7.99. The first kappa shape index (κ1) is 28.6. The molecule has 4 rings (SSSR count). The number of rotatable bonds is 11. The maximum absolute atomic E-state index is 15.4. The Labute approximate surface area is 225 Å². The molecule has 1 unspecified atom stereocenters. The molecule has 2 aromatic carbocycles. The van der Waals surface area contributed by atoms with E-state index in [0.717, 1.165) is 49.4 Å². The Balaban J connectivity index is 1.26. The number of aliphatic hydroxyl groups excluding tert-OH is 1. The lowest BCUT2D eigenvalue weighted by molar-refractivity contribution is -0.139. The summed E-state index contributed by atoms with van der Waals surface area (Å²) in [5.41, 5.74) is 0.750. The third kappa shape index (κ3) is 7.18. The van der Waals surface area contributed by atoms with Crippen molar-refractivity contribution in [1.29, 1.82) is 0 Å². The number of likely N-dealkylation sites (tertiary alicyclic amines) is 1.